The van der Waals surface area contributed by atoms with Gasteiger partial charge in [-0.15, -0.1) is 0 Å². The second kappa shape index (κ2) is 4.58. The van der Waals surface area contributed by atoms with E-state index < -0.39 is 0 Å². The molecule has 8 atom stereocenters. The molecule has 0 amide bonds. The molecule has 3 saturated carbocycles. The van der Waals surface area contributed by atoms with Gasteiger partial charge in [0.15, 0.2) is 0 Å². The van der Waals surface area contributed by atoms with Crippen LogP contribution in [0.3, 0.4) is 0 Å². The second-order valence-corrected chi connectivity index (χ2v) is 8.63. The van der Waals surface area contributed by atoms with Gasteiger partial charge in [-0.25, -0.2) is 0 Å². The Labute approximate surface area is 130 Å². The number of hydrogen-bond acceptors (Lipinski definition) is 2. The fourth-order valence-corrected chi connectivity index (χ4v) is 6.30. The highest BCUT2D eigenvalue weighted by Crippen LogP contribution is 2.64. The maximum Gasteiger partial charge on any atom is 0.0596 e. The first kappa shape index (κ1) is 13.1. The number of aliphatic hydroxyl groups excluding tert-OH is 2. The Morgan fingerprint density at radius 1 is 1.10 bits per heavy atom. The summed E-state index contributed by atoms with van der Waals surface area (Å²) < 4.78 is 8.74. The van der Waals surface area contributed by atoms with Gasteiger partial charge >= 0.3 is 0 Å². The summed E-state index contributed by atoms with van der Waals surface area (Å²) in [5, 5.41) is 20.5. The van der Waals surface area contributed by atoms with E-state index in [1.807, 2.05) is 0 Å². The van der Waals surface area contributed by atoms with Gasteiger partial charge in [0, 0.05) is 1.37 Å². The van der Waals surface area contributed by atoms with E-state index in [0.717, 1.165) is 44.9 Å². The SMILES string of the molecule is [3H]C1C=C2C[C@@H](O)CC[C@]2(C)[C@H]2CC[C@]3(C)[C@H](O)CC[C@H]3[C@H]12. The van der Waals surface area contributed by atoms with Gasteiger partial charge in [0.25, 0.3) is 0 Å². The molecule has 0 radical (unpaired) electrons. The van der Waals surface area contributed by atoms with Gasteiger partial charge in [0.1, 0.15) is 0 Å². The van der Waals surface area contributed by atoms with Crippen LogP contribution in [0.15, 0.2) is 11.6 Å². The molecule has 1 unspecified atom stereocenters. The molecule has 0 aromatic heterocycles. The topological polar surface area (TPSA) is 40.5 Å². The predicted molar refractivity (Wildman–Crippen MR) is 83.7 cm³/mol. The summed E-state index contributed by atoms with van der Waals surface area (Å²) in [6, 6.07) is 0. The summed E-state index contributed by atoms with van der Waals surface area (Å²) in [5.74, 6) is 1.48. The van der Waals surface area contributed by atoms with Crippen molar-refractivity contribution in [3.05, 3.63) is 11.6 Å². The molecule has 4 rings (SSSR count). The number of hydrogen-bond donors (Lipinski definition) is 2. The average molecular weight is 292 g/mol. The van der Waals surface area contributed by atoms with Crippen LogP contribution in [-0.4, -0.2) is 22.4 Å². The highest BCUT2D eigenvalue weighted by Gasteiger charge is 2.58. The minimum atomic E-state index is -0.203. The molecule has 4 aliphatic carbocycles. The lowest BCUT2D eigenvalue weighted by atomic mass is 9.48. The largest absolute Gasteiger partial charge is 0.393 e. The molecule has 2 nitrogen and oxygen atoms in total. The Morgan fingerprint density at radius 2 is 1.90 bits per heavy atom. The molecule has 118 valence electrons. The number of aliphatic hydroxyl groups is 2. The van der Waals surface area contributed by atoms with Crippen LogP contribution >= 0.6 is 0 Å². The molecular formula is C19H30O2. The van der Waals surface area contributed by atoms with Crippen LogP contribution in [0.5, 0.6) is 0 Å². The zero-order valence-corrected chi connectivity index (χ0v) is 13.4. The highest BCUT2D eigenvalue weighted by atomic mass is 16.3. The first-order valence-corrected chi connectivity index (χ1v) is 8.86. The normalized spacial score (nSPS) is 60.4. The monoisotopic (exact) mass is 292 g/mol. The Hall–Kier alpha value is -0.340. The van der Waals surface area contributed by atoms with Gasteiger partial charge in [-0.3, -0.25) is 0 Å². The lowest BCUT2D eigenvalue weighted by molar-refractivity contribution is -0.0711. The zero-order chi connectivity index (χ0) is 15.7. The van der Waals surface area contributed by atoms with Crippen LogP contribution in [0.25, 0.3) is 0 Å². The molecule has 0 heterocycles. The van der Waals surface area contributed by atoms with Crippen LogP contribution in [0, 0.1) is 28.6 Å². The molecule has 3 fully saturated rings. The van der Waals surface area contributed by atoms with Crippen molar-refractivity contribution < 1.29 is 11.6 Å². The van der Waals surface area contributed by atoms with Crippen molar-refractivity contribution in [3.8, 4) is 0 Å². The van der Waals surface area contributed by atoms with Crippen molar-refractivity contribution in [3.63, 3.8) is 0 Å². The third-order valence-electron chi connectivity index (χ3n) is 7.81. The van der Waals surface area contributed by atoms with Gasteiger partial charge in [0.05, 0.1) is 12.2 Å². The van der Waals surface area contributed by atoms with E-state index in [4.69, 9.17) is 1.37 Å². The van der Waals surface area contributed by atoms with E-state index >= 15 is 0 Å². The highest BCUT2D eigenvalue weighted by molar-refractivity contribution is 5.25. The summed E-state index contributed by atoms with van der Waals surface area (Å²) in [7, 11) is 0. The van der Waals surface area contributed by atoms with Crippen LogP contribution < -0.4 is 0 Å². The molecule has 21 heavy (non-hydrogen) atoms. The molecule has 0 saturated heterocycles. The average Bonchev–Trinajstić information content (AvgIpc) is 2.77. The minimum Gasteiger partial charge on any atom is -0.393 e. The molecule has 0 spiro atoms. The Balaban J connectivity index is 1.73. The molecule has 0 bridgehead atoms. The molecule has 0 aromatic carbocycles. The first-order chi connectivity index (χ1) is 10.4. The van der Waals surface area contributed by atoms with Crippen molar-refractivity contribution in [2.24, 2.45) is 28.6 Å². The molecule has 0 aromatic rings. The Kier molecular flexibility index (Phi) is 2.86. The predicted octanol–water partition coefficient (Wildman–Crippen LogP) is 3.67. The zero-order valence-electron chi connectivity index (χ0n) is 14.4. The lowest BCUT2D eigenvalue weighted by Gasteiger charge is -2.57. The van der Waals surface area contributed by atoms with E-state index in [-0.39, 0.29) is 29.4 Å². The van der Waals surface area contributed by atoms with E-state index in [1.165, 1.54) is 5.57 Å². The summed E-state index contributed by atoms with van der Waals surface area (Å²) >= 11 is 0. The van der Waals surface area contributed by atoms with Crippen LogP contribution in [-0.2, 0) is 0 Å². The Bertz CT molecular complexity index is 504. The van der Waals surface area contributed by atoms with Crippen LogP contribution in [0.4, 0.5) is 0 Å². The molecule has 0 aliphatic heterocycles. The van der Waals surface area contributed by atoms with Crippen molar-refractivity contribution in [1.82, 2.24) is 0 Å². The third kappa shape index (κ3) is 1.84. The summed E-state index contributed by atoms with van der Waals surface area (Å²) in [6.45, 7) is 4.66. The van der Waals surface area contributed by atoms with Crippen LogP contribution in [0.2, 0.25) is 0 Å². The Morgan fingerprint density at radius 3 is 2.71 bits per heavy atom. The number of rotatable bonds is 0. The maximum absolute atomic E-state index is 10.5. The second-order valence-electron chi connectivity index (χ2n) is 8.63. The smallest absolute Gasteiger partial charge is 0.0596 e. The molecular weight excluding hydrogens is 260 g/mol. The summed E-state index contributed by atoms with van der Waals surface area (Å²) in [6.07, 6.45) is 8.69. The summed E-state index contributed by atoms with van der Waals surface area (Å²) in [4.78, 5) is 0. The van der Waals surface area contributed by atoms with Crippen molar-refractivity contribution in [2.45, 2.75) is 77.4 Å². The van der Waals surface area contributed by atoms with E-state index in [1.54, 1.807) is 0 Å². The van der Waals surface area contributed by atoms with Crippen molar-refractivity contribution in [1.29, 1.82) is 0 Å². The van der Waals surface area contributed by atoms with Crippen LogP contribution in [0.1, 0.15) is 66.6 Å². The quantitative estimate of drug-likeness (QED) is 0.669. The molecule has 2 N–H and O–H groups in total. The van der Waals surface area contributed by atoms with Crippen molar-refractivity contribution >= 4 is 0 Å². The summed E-state index contributed by atoms with van der Waals surface area (Å²) in [5.41, 5.74) is 1.58. The molecule has 4 aliphatic rings. The van der Waals surface area contributed by atoms with Gasteiger partial charge < -0.3 is 10.2 Å². The first-order valence-electron chi connectivity index (χ1n) is 9.43. The molecule has 2 heteroatoms. The maximum atomic E-state index is 10.5. The fraction of sp³-hybridized carbons (Fsp3) is 0.895. The number of allylic oxidation sites excluding steroid dienone is 1. The van der Waals surface area contributed by atoms with Crippen molar-refractivity contribution in [2.75, 3.05) is 0 Å². The lowest BCUT2D eigenvalue weighted by Crippen LogP contribution is -2.51. The van der Waals surface area contributed by atoms with Gasteiger partial charge in [-0.1, -0.05) is 25.5 Å². The van der Waals surface area contributed by atoms with E-state index in [2.05, 4.69) is 19.9 Å². The van der Waals surface area contributed by atoms with E-state index in [0.29, 0.717) is 17.8 Å². The minimum absolute atomic E-state index is 0.0380. The van der Waals surface area contributed by atoms with Gasteiger partial charge in [-0.05, 0) is 79.9 Å². The van der Waals surface area contributed by atoms with E-state index in [9.17, 15) is 10.2 Å². The number of fused-ring (bicyclic) bond motifs is 5. The standard InChI is InChI=1S/C19H30O2/c1-18-9-7-13(20)11-12(18)3-4-14-15-5-6-17(21)19(15,2)10-8-16(14)18/h3,13-17,20-21H,4-11H2,1-2H3/t13-,14-,15-,16-,17+,18-,19-/m0/s1/i4T/t4?,13-,14-,15-,16-,17+,18-,19-. The fourth-order valence-electron chi connectivity index (χ4n) is 6.30. The van der Waals surface area contributed by atoms with Gasteiger partial charge in [-0.2, -0.15) is 0 Å². The third-order valence-corrected chi connectivity index (χ3v) is 7.81. The van der Waals surface area contributed by atoms with Gasteiger partial charge in [0.2, 0.25) is 0 Å².